The number of aliphatic hydroxyl groups is 1. The Hall–Kier alpha value is -0.890. The third kappa shape index (κ3) is 2.05. The smallest absolute Gasteiger partial charge is 0.129 e. The minimum Gasteiger partial charge on any atom is -0.388 e. The van der Waals surface area contributed by atoms with Gasteiger partial charge in [-0.2, -0.15) is 0 Å². The summed E-state index contributed by atoms with van der Waals surface area (Å²) in [4.78, 5) is 0. The second kappa shape index (κ2) is 4.31. The normalized spacial score (nSPS) is 27.9. The molecule has 1 fully saturated rings. The van der Waals surface area contributed by atoms with Gasteiger partial charge >= 0.3 is 0 Å². The van der Waals surface area contributed by atoms with Crippen LogP contribution >= 0.6 is 0 Å². The van der Waals surface area contributed by atoms with Gasteiger partial charge in [-0.15, -0.1) is 0 Å². The van der Waals surface area contributed by atoms with Crippen molar-refractivity contribution in [3.8, 4) is 0 Å². The average molecular weight is 208 g/mol. The Bertz CT molecular complexity index is 337. The van der Waals surface area contributed by atoms with Crippen LogP contribution in [0.15, 0.2) is 24.3 Å². The molecule has 1 aromatic carbocycles. The second-order valence-corrected chi connectivity index (χ2v) is 4.54. The first kappa shape index (κ1) is 10.6. The van der Waals surface area contributed by atoms with Gasteiger partial charge in [-0.05, 0) is 24.3 Å². The Morgan fingerprint density at radius 2 is 2.07 bits per heavy atom. The molecule has 2 rings (SSSR count). The maximum absolute atomic E-state index is 13.5. The third-order valence-electron chi connectivity index (χ3n) is 3.56. The van der Waals surface area contributed by atoms with E-state index in [0.29, 0.717) is 11.5 Å². The summed E-state index contributed by atoms with van der Waals surface area (Å²) in [5.74, 6) is 0.436. The van der Waals surface area contributed by atoms with Crippen molar-refractivity contribution in [2.45, 2.75) is 32.3 Å². The van der Waals surface area contributed by atoms with E-state index in [9.17, 15) is 9.50 Å². The van der Waals surface area contributed by atoms with Crippen LogP contribution < -0.4 is 0 Å². The van der Waals surface area contributed by atoms with Crippen LogP contribution in [0.2, 0.25) is 0 Å². The summed E-state index contributed by atoms with van der Waals surface area (Å²) in [7, 11) is 0. The lowest BCUT2D eigenvalue weighted by molar-refractivity contribution is 0.0867. The van der Waals surface area contributed by atoms with Crippen molar-refractivity contribution >= 4 is 0 Å². The van der Waals surface area contributed by atoms with Crippen LogP contribution in [0.3, 0.4) is 0 Å². The molecule has 1 N–H and O–H groups in total. The molecule has 2 heteroatoms. The number of halogens is 1. The average Bonchev–Trinajstić information content (AvgIpc) is 2.64. The van der Waals surface area contributed by atoms with Gasteiger partial charge in [0.2, 0.25) is 0 Å². The van der Waals surface area contributed by atoms with Gasteiger partial charge in [-0.1, -0.05) is 38.0 Å². The molecular formula is C13H17FO. The lowest BCUT2D eigenvalue weighted by atomic mass is 9.88. The van der Waals surface area contributed by atoms with Crippen molar-refractivity contribution in [2.75, 3.05) is 0 Å². The fourth-order valence-electron chi connectivity index (χ4n) is 2.59. The van der Waals surface area contributed by atoms with Crippen LogP contribution in [-0.4, -0.2) is 5.11 Å². The Morgan fingerprint density at radius 3 is 2.67 bits per heavy atom. The van der Waals surface area contributed by atoms with E-state index in [4.69, 9.17) is 0 Å². The van der Waals surface area contributed by atoms with E-state index in [1.54, 1.807) is 18.2 Å². The van der Waals surface area contributed by atoms with Crippen LogP contribution in [0.5, 0.6) is 0 Å². The summed E-state index contributed by atoms with van der Waals surface area (Å²) < 4.78 is 13.5. The molecule has 0 saturated heterocycles. The molecule has 1 aromatic rings. The summed E-state index contributed by atoms with van der Waals surface area (Å²) in [5, 5.41) is 10.1. The van der Waals surface area contributed by atoms with Gasteiger partial charge < -0.3 is 5.11 Å². The molecule has 82 valence electrons. The Balaban J connectivity index is 2.20. The van der Waals surface area contributed by atoms with Gasteiger partial charge in [0.05, 0.1) is 6.10 Å². The van der Waals surface area contributed by atoms with Gasteiger partial charge in [0, 0.05) is 5.56 Å². The monoisotopic (exact) mass is 208 g/mol. The standard InChI is InChI=1S/C13H17FO/c1-9-5-4-7-10(9)13(15)11-6-2-3-8-12(11)14/h2-3,6,8-10,13,15H,4-5,7H2,1H3. The number of hydrogen-bond donors (Lipinski definition) is 1. The van der Waals surface area contributed by atoms with Gasteiger partial charge in [-0.3, -0.25) is 0 Å². The maximum atomic E-state index is 13.5. The highest BCUT2D eigenvalue weighted by atomic mass is 19.1. The summed E-state index contributed by atoms with van der Waals surface area (Å²) in [6.07, 6.45) is 2.67. The SMILES string of the molecule is CC1CCCC1C(O)c1ccccc1F. The van der Waals surface area contributed by atoms with Gasteiger partial charge in [0.1, 0.15) is 5.82 Å². The van der Waals surface area contributed by atoms with E-state index < -0.39 is 6.10 Å². The van der Waals surface area contributed by atoms with Crippen LogP contribution in [-0.2, 0) is 0 Å². The molecular weight excluding hydrogens is 191 g/mol. The van der Waals surface area contributed by atoms with E-state index in [1.165, 1.54) is 6.07 Å². The van der Waals surface area contributed by atoms with Crippen molar-refractivity contribution in [1.82, 2.24) is 0 Å². The molecule has 3 unspecified atom stereocenters. The number of rotatable bonds is 2. The first-order valence-corrected chi connectivity index (χ1v) is 5.62. The molecule has 0 radical (unpaired) electrons. The van der Waals surface area contributed by atoms with Crippen LogP contribution in [0.25, 0.3) is 0 Å². The largest absolute Gasteiger partial charge is 0.388 e. The fraction of sp³-hybridized carbons (Fsp3) is 0.538. The first-order chi connectivity index (χ1) is 7.20. The molecule has 1 nitrogen and oxygen atoms in total. The second-order valence-electron chi connectivity index (χ2n) is 4.54. The van der Waals surface area contributed by atoms with Crippen LogP contribution in [0.1, 0.15) is 37.9 Å². The van der Waals surface area contributed by atoms with E-state index in [-0.39, 0.29) is 11.7 Å². The van der Waals surface area contributed by atoms with Crippen LogP contribution in [0, 0.1) is 17.7 Å². The summed E-state index contributed by atoms with van der Waals surface area (Å²) in [5.41, 5.74) is 0.455. The van der Waals surface area contributed by atoms with Gasteiger partial charge in [0.25, 0.3) is 0 Å². The lowest BCUT2D eigenvalue weighted by Gasteiger charge is -2.22. The van der Waals surface area contributed by atoms with E-state index in [2.05, 4.69) is 6.92 Å². The molecule has 0 heterocycles. The predicted octanol–water partition coefficient (Wildman–Crippen LogP) is 3.30. The van der Waals surface area contributed by atoms with Crippen molar-refractivity contribution in [3.63, 3.8) is 0 Å². The van der Waals surface area contributed by atoms with E-state index >= 15 is 0 Å². The topological polar surface area (TPSA) is 20.2 Å². The van der Waals surface area contributed by atoms with Gasteiger partial charge in [0.15, 0.2) is 0 Å². The molecule has 0 spiro atoms. The highest BCUT2D eigenvalue weighted by Gasteiger charge is 2.31. The van der Waals surface area contributed by atoms with Crippen molar-refractivity contribution in [1.29, 1.82) is 0 Å². The Morgan fingerprint density at radius 1 is 1.33 bits per heavy atom. The molecule has 0 amide bonds. The number of hydrogen-bond acceptors (Lipinski definition) is 1. The Kier molecular flexibility index (Phi) is 3.06. The molecule has 1 aliphatic carbocycles. The molecule has 0 aliphatic heterocycles. The molecule has 3 atom stereocenters. The lowest BCUT2D eigenvalue weighted by Crippen LogP contribution is -2.16. The van der Waals surface area contributed by atoms with Crippen molar-refractivity contribution in [3.05, 3.63) is 35.6 Å². The van der Waals surface area contributed by atoms with E-state index in [0.717, 1.165) is 19.3 Å². The molecule has 1 aliphatic rings. The molecule has 0 bridgehead atoms. The minimum absolute atomic E-state index is 0.224. The minimum atomic E-state index is -0.635. The van der Waals surface area contributed by atoms with Crippen molar-refractivity contribution < 1.29 is 9.50 Å². The predicted molar refractivity (Wildman–Crippen MR) is 57.9 cm³/mol. The summed E-state index contributed by atoms with van der Waals surface area (Å²) >= 11 is 0. The fourth-order valence-corrected chi connectivity index (χ4v) is 2.59. The molecule has 0 aromatic heterocycles. The van der Waals surface area contributed by atoms with Gasteiger partial charge in [-0.25, -0.2) is 4.39 Å². The quantitative estimate of drug-likeness (QED) is 0.790. The summed E-state index contributed by atoms with van der Waals surface area (Å²) in [6, 6.07) is 6.54. The van der Waals surface area contributed by atoms with Crippen molar-refractivity contribution in [2.24, 2.45) is 11.8 Å². The Labute approximate surface area is 89.9 Å². The molecule has 1 saturated carbocycles. The molecule has 15 heavy (non-hydrogen) atoms. The zero-order chi connectivity index (χ0) is 10.8. The highest BCUT2D eigenvalue weighted by Crippen LogP contribution is 2.40. The third-order valence-corrected chi connectivity index (χ3v) is 3.56. The number of aliphatic hydroxyl groups excluding tert-OH is 1. The summed E-state index contributed by atoms with van der Waals surface area (Å²) in [6.45, 7) is 2.14. The zero-order valence-electron chi connectivity index (χ0n) is 8.99. The van der Waals surface area contributed by atoms with Crippen LogP contribution in [0.4, 0.5) is 4.39 Å². The number of benzene rings is 1. The highest BCUT2D eigenvalue weighted by molar-refractivity contribution is 5.20. The first-order valence-electron chi connectivity index (χ1n) is 5.62. The maximum Gasteiger partial charge on any atom is 0.129 e. The zero-order valence-corrected chi connectivity index (χ0v) is 8.99. The van der Waals surface area contributed by atoms with E-state index in [1.807, 2.05) is 0 Å².